The number of esters is 1. The van der Waals surface area contributed by atoms with Crippen molar-refractivity contribution in [3.8, 4) is 0 Å². The molecule has 3 saturated carbocycles. The number of unbranched alkanes of at least 4 members (excludes halogenated alkanes) is 1. The fraction of sp³-hybridized carbons (Fsp3) is 0.778. The lowest BCUT2D eigenvalue weighted by Gasteiger charge is -2.64. The van der Waals surface area contributed by atoms with Gasteiger partial charge in [0.2, 0.25) is 0 Å². The van der Waals surface area contributed by atoms with Crippen molar-refractivity contribution in [2.75, 3.05) is 0 Å². The first-order valence-corrected chi connectivity index (χ1v) is 13.2. The number of ketones is 1. The first-order chi connectivity index (χ1) is 15.0. The van der Waals surface area contributed by atoms with Gasteiger partial charge >= 0.3 is 5.97 Å². The molecule has 0 saturated heterocycles. The number of hydrogen-bond acceptors (Lipinski definition) is 3. The maximum atomic E-state index is 13.3. The highest BCUT2D eigenvalue weighted by Crippen LogP contribution is 2.73. The minimum absolute atomic E-state index is 0.0500. The number of halogens is 2. The van der Waals surface area contributed by atoms with Crippen molar-refractivity contribution >= 4 is 35.0 Å². The van der Waals surface area contributed by atoms with Crippen LogP contribution in [-0.2, 0) is 14.3 Å². The number of hydrogen-bond donors (Lipinski definition) is 0. The Labute approximate surface area is 203 Å². The summed E-state index contributed by atoms with van der Waals surface area (Å²) < 4.78 is 6.22. The van der Waals surface area contributed by atoms with Gasteiger partial charge in [-0.3, -0.25) is 9.59 Å². The third-order valence-corrected chi connectivity index (χ3v) is 11.3. The molecule has 0 heterocycles. The van der Waals surface area contributed by atoms with Gasteiger partial charge in [-0.25, -0.2) is 0 Å². The Morgan fingerprint density at radius 3 is 2.62 bits per heavy atom. The van der Waals surface area contributed by atoms with Crippen LogP contribution in [0.3, 0.4) is 0 Å². The molecule has 3 nitrogen and oxygen atoms in total. The molecular weight excluding hydrogens is 443 g/mol. The van der Waals surface area contributed by atoms with Crippen molar-refractivity contribution in [2.45, 2.75) is 102 Å². The van der Waals surface area contributed by atoms with Gasteiger partial charge in [0.1, 0.15) is 0 Å². The molecular formula is C27H38Cl2O3. The number of rotatable bonds is 5. The zero-order valence-electron chi connectivity index (χ0n) is 20.2. The van der Waals surface area contributed by atoms with Gasteiger partial charge in [0.05, 0.1) is 10.3 Å². The second-order valence-electron chi connectivity index (χ2n) is 11.2. The van der Waals surface area contributed by atoms with E-state index in [2.05, 4.69) is 45.9 Å². The molecule has 0 N–H and O–H groups in total. The molecule has 0 aromatic carbocycles. The van der Waals surface area contributed by atoms with Crippen LogP contribution in [0.2, 0.25) is 0 Å². The number of carbonyl (C=O) groups is 2. The normalized spacial score (nSPS) is 47.2. The lowest BCUT2D eigenvalue weighted by atomic mass is 9.46. The predicted molar refractivity (Wildman–Crippen MR) is 130 cm³/mol. The van der Waals surface area contributed by atoms with E-state index in [-0.39, 0.29) is 40.3 Å². The van der Waals surface area contributed by atoms with Crippen LogP contribution in [0.5, 0.6) is 0 Å². The fourth-order valence-corrected chi connectivity index (χ4v) is 9.43. The molecule has 4 aliphatic rings. The van der Waals surface area contributed by atoms with Crippen LogP contribution in [-0.4, -0.2) is 27.6 Å². The van der Waals surface area contributed by atoms with Crippen LogP contribution in [0.15, 0.2) is 23.8 Å². The molecule has 0 aliphatic heterocycles. The highest BCUT2D eigenvalue weighted by atomic mass is 35.5. The molecule has 178 valence electrons. The van der Waals surface area contributed by atoms with Crippen LogP contribution < -0.4 is 0 Å². The van der Waals surface area contributed by atoms with Crippen molar-refractivity contribution in [3.05, 3.63) is 23.8 Å². The largest absolute Gasteiger partial charge is 0.450 e. The highest BCUT2D eigenvalue weighted by molar-refractivity contribution is 6.33. The van der Waals surface area contributed by atoms with E-state index in [0.717, 1.165) is 38.5 Å². The molecule has 0 aromatic heterocycles. The second-order valence-corrected chi connectivity index (χ2v) is 12.3. The molecule has 0 unspecified atom stereocenters. The zero-order chi connectivity index (χ0) is 23.5. The van der Waals surface area contributed by atoms with Crippen molar-refractivity contribution in [2.24, 2.45) is 28.6 Å². The molecule has 0 spiro atoms. The van der Waals surface area contributed by atoms with E-state index in [1.165, 1.54) is 5.57 Å². The summed E-state index contributed by atoms with van der Waals surface area (Å²) in [5, 5.41) is -0.328. The molecule has 0 bridgehead atoms. The molecule has 4 rings (SSSR count). The Bertz CT molecular complexity index is 865. The molecule has 0 radical (unpaired) electrons. The van der Waals surface area contributed by atoms with Gasteiger partial charge in [-0.2, -0.15) is 0 Å². The highest BCUT2D eigenvalue weighted by Gasteiger charge is 2.75. The predicted octanol–water partition coefficient (Wildman–Crippen LogP) is 7.00. The molecule has 0 amide bonds. The molecule has 4 aliphatic carbocycles. The SMILES string of the molecule is CCCCC(=O)O[C@@]1(C(C)=O)[C@H](C)C[C@H]2[C@@H]3CCC4=CCC=C[C@]4(C)[C@@]3(Cl)[C@@H](Cl)C[C@@]21C. The standard InChI is InChI=1S/C27H38Cl2O3/c1-6-7-11-23(31)32-27(18(3)30)17(2)15-21-20-13-12-19-10-8-9-14-24(19,4)26(20,29)22(28)16-25(21,27)5/h9-10,14,17,20-22H,6-8,11-13,15-16H2,1-5H3/t17-,20+,21+,22+,24+,25+,26+,27-/m1/s1. The summed E-state index contributed by atoms with van der Waals surface area (Å²) in [6.45, 7) is 10.1. The van der Waals surface area contributed by atoms with Crippen LogP contribution in [0.25, 0.3) is 0 Å². The van der Waals surface area contributed by atoms with Crippen LogP contribution >= 0.6 is 23.2 Å². The Hall–Kier alpha value is -0.800. The topological polar surface area (TPSA) is 43.4 Å². The Morgan fingerprint density at radius 2 is 1.97 bits per heavy atom. The summed E-state index contributed by atoms with van der Waals surface area (Å²) in [6.07, 6.45) is 13.2. The number of carbonyl (C=O) groups excluding carboxylic acids is 2. The smallest absolute Gasteiger partial charge is 0.306 e. The number of allylic oxidation sites excluding steroid dienone is 4. The van der Waals surface area contributed by atoms with Gasteiger partial charge in [0.15, 0.2) is 11.4 Å². The van der Waals surface area contributed by atoms with E-state index < -0.39 is 15.9 Å². The fourth-order valence-electron chi connectivity index (χ4n) is 8.19. The van der Waals surface area contributed by atoms with E-state index in [9.17, 15) is 9.59 Å². The second kappa shape index (κ2) is 8.15. The summed E-state index contributed by atoms with van der Waals surface area (Å²) in [5.74, 6) is -0.0309. The van der Waals surface area contributed by atoms with E-state index in [1.807, 2.05) is 0 Å². The van der Waals surface area contributed by atoms with Gasteiger partial charge in [-0.1, -0.05) is 57.9 Å². The summed E-state index contributed by atoms with van der Waals surface area (Å²) in [7, 11) is 0. The average Bonchev–Trinajstić information content (AvgIpc) is 2.95. The minimum Gasteiger partial charge on any atom is -0.450 e. The molecule has 32 heavy (non-hydrogen) atoms. The van der Waals surface area contributed by atoms with Gasteiger partial charge in [0, 0.05) is 23.2 Å². The Balaban J connectivity index is 1.78. The molecule has 8 atom stereocenters. The van der Waals surface area contributed by atoms with E-state index in [0.29, 0.717) is 12.8 Å². The van der Waals surface area contributed by atoms with Crippen LogP contribution in [0, 0.1) is 28.6 Å². The van der Waals surface area contributed by atoms with E-state index >= 15 is 0 Å². The number of Topliss-reactive ketones (excluding diaryl/α,β-unsaturated/α-hetero) is 1. The molecule has 5 heteroatoms. The van der Waals surface area contributed by atoms with E-state index in [1.54, 1.807) is 6.92 Å². The van der Waals surface area contributed by atoms with Crippen molar-refractivity contribution < 1.29 is 14.3 Å². The lowest BCUT2D eigenvalue weighted by Crippen LogP contribution is -2.68. The summed E-state index contributed by atoms with van der Waals surface area (Å²) >= 11 is 14.9. The van der Waals surface area contributed by atoms with Crippen molar-refractivity contribution in [1.82, 2.24) is 0 Å². The van der Waals surface area contributed by atoms with Gasteiger partial charge in [-0.05, 0) is 57.3 Å². The Kier molecular flexibility index (Phi) is 6.20. The summed E-state index contributed by atoms with van der Waals surface area (Å²) in [6, 6.07) is 0. The number of alkyl halides is 2. The third kappa shape index (κ3) is 2.98. The zero-order valence-corrected chi connectivity index (χ0v) is 21.7. The third-order valence-electron chi connectivity index (χ3n) is 9.72. The molecule has 0 aromatic rings. The molecule has 3 fully saturated rings. The minimum atomic E-state index is -1.13. The maximum absolute atomic E-state index is 13.3. The quantitative estimate of drug-likeness (QED) is 0.241. The number of fused-ring (bicyclic) bond motifs is 5. The lowest BCUT2D eigenvalue weighted by molar-refractivity contribution is -0.192. The maximum Gasteiger partial charge on any atom is 0.306 e. The van der Waals surface area contributed by atoms with Gasteiger partial charge in [-0.15, -0.1) is 23.2 Å². The van der Waals surface area contributed by atoms with Gasteiger partial charge in [0.25, 0.3) is 0 Å². The van der Waals surface area contributed by atoms with Crippen molar-refractivity contribution in [1.29, 1.82) is 0 Å². The van der Waals surface area contributed by atoms with E-state index in [4.69, 9.17) is 27.9 Å². The summed E-state index contributed by atoms with van der Waals surface area (Å²) in [5.41, 5.74) is -0.541. The average molecular weight is 482 g/mol. The van der Waals surface area contributed by atoms with Crippen LogP contribution in [0.1, 0.15) is 86.0 Å². The van der Waals surface area contributed by atoms with Gasteiger partial charge < -0.3 is 4.74 Å². The first kappa shape index (κ1) is 24.3. The number of ether oxygens (including phenoxy) is 1. The van der Waals surface area contributed by atoms with Crippen molar-refractivity contribution in [3.63, 3.8) is 0 Å². The van der Waals surface area contributed by atoms with Crippen LogP contribution in [0.4, 0.5) is 0 Å². The monoisotopic (exact) mass is 480 g/mol. The summed E-state index contributed by atoms with van der Waals surface area (Å²) in [4.78, 5) is 25.5. The Morgan fingerprint density at radius 1 is 1.25 bits per heavy atom. The first-order valence-electron chi connectivity index (χ1n) is 12.4.